The molecule has 23 heavy (non-hydrogen) atoms. The molecule has 0 aliphatic rings. The van der Waals surface area contributed by atoms with Gasteiger partial charge >= 0.3 is 0 Å². The molecule has 0 bridgehead atoms. The van der Waals surface area contributed by atoms with Gasteiger partial charge in [-0.05, 0) is 18.6 Å². The number of para-hydroxylation sites is 1. The molecule has 0 saturated carbocycles. The first-order chi connectivity index (χ1) is 11.1. The molecule has 3 aromatic rings. The molecule has 3 rings (SSSR count). The van der Waals surface area contributed by atoms with Gasteiger partial charge in [-0.1, -0.05) is 18.2 Å². The maximum absolute atomic E-state index is 12.2. The van der Waals surface area contributed by atoms with Crippen molar-refractivity contribution in [3.05, 3.63) is 53.3 Å². The van der Waals surface area contributed by atoms with Gasteiger partial charge in [-0.3, -0.25) is 9.20 Å². The summed E-state index contributed by atoms with van der Waals surface area (Å²) in [6.45, 7) is 3.04. The lowest BCUT2D eigenvalue weighted by atomic mass is 10.2. The monoisotopic (exact) mass is 329 g/mol. The zero-order chi connectivity index (χ0) is 16.2. The van der Waals surface area contributed by atoms with Gasteiger partial charge in [-0.25, -0.2) is 4.98 Å². The molecule has 0 atom stereocenters. The van der Waals surface area contributed by atoms with Gasteiger partial charge in [-0.15, -0.1) is 11.3 Å². The summed E-state index contributed by atoms with van der Waals surface area (Å²) in [6, 6.07) is 7.87. The van der Waals surface area contributed by atoms with Crippen LogP contribution in [0.3, 0.4) is 0 Å². The van der Waals surface area contributed by atoms with Gasteiger partial charge in [0.25, 0.3) is 0 Å². The van der Waals surface area contributed by atoms with Crippen LogP contribution in [0.25, 0.3) is 4.96 Å². The van der Waals surface area contributed by atoms with Gasteiger partial charge in [0, 0.05) is 24.8 Å². The minimum atomic E-state index is 0.0455. The van der Waals surface area contributed by atoms with Crippen molar-refractivity contribution in [1.29, 1.82) is 0 Å². The van der Waals surface area contributed by atoms with Gasteiger partial charge in [0.15, 0.2) is 4.96 Å². The van der Waals surface area contributed by atoms with Gasteiger partial charge in [0.05, 0.1) is 18.7 Å². The van der Waals surface area contributed by atoms with Crippen molar-refractivity contribution in [1.82, 2.24) is 14.3 Å². The first kappa shape index (κ1) is 15.6. The number of carbonyl (C=O) groups is 1. The molecule has 0 aliphatic heterocycles. The van der Waals surface area contributed by atoms with Crippen LogP contribution in [0.5, 0.6) is 5.75 Å². The molecule has 2 heterocycles. The number of imidazole rings is 1. The average molecular weight is 329 g/mol. The highest BCUT2D eigenvalue weighted by Gasteiger charge is 2.12. The molecule has 0 saturated heterocycles. The van der Waals surface area contributed by atoms with E-state index >= 15 is 0 Å². The van der Waals surface area contributed by atoms with Crippen LogP contribution in [0.2, 0.25) is 0 Å². The van der Waals surface area contributed by atoms with Gasteiger partial charge < -0.3 is 9.64 Å². The summed E-state index contributed by atoms with van der Waals surface area (Å²) >= 11 is 1.56. The highest BCUT2D eigenvalue weighted by atomic mass is 32.1. The van der Waals surface area contributed by atoms with Crippen LogP contribution in [0.4, 0.5) is 0 Å². The first-order valence-electron chi connectivity index (χ1n) is 7.47. The Morgan fingerprint density at radius 1 is 1.39 bits per heavy atom. The van der Waals surface area contributed by atoms with Crippen LogP contribution in [-0.4, -0.2) is 40.4 Å². The number of benzene rings is 1. The molecular weight excluding hydrogens is 310 g/mol. The topological polar surface area (TPSA) is 46.8 Å². The second-order valence-corrected chi connectivity index (χ2v) is 6.30. The van der Waals surface area contributed by atoms with E-state index in [4.69, 9.17) is 4.74 Å². The lowest BCUT2D eigenvalue weighted by molar-refractivity contribution is -0.129. The van der Waals surface area contributed by atoms with Crippen LogP contribution < -0.4 is 4.74 Å². The van der Waals surface area contributed by atoms with Gasteiger partial charge in [-0.2, -0.15) is 0 Å². The first-order valence-corrected chi connectivity index (χ1v) is 8.35. The average Bonchev–Trinajstić information content (AvgIpc) is 3.10. The molecule has 6 heteroatoms. The number of ether oxygens (including phenoxy) is 1. The molecule has 1 aromatic carbocycles. The van der Waals surface area contributed by atoms with Crippen molar-refractivity contribution in [2.45, 2.75) is 13.3 Å². The summed E-state index contributed by atoms with van der Waals surface area (Å²) < 4.78 is 7.67. The second kappa shape index (κ2) is 6.83. The fourth-order valence-corrected chi connectivity index (χ4v) is 3.01. The Morgan fingerprint density at radius 2 is 2.22 bits per heavy atom. The summed E-state index contributed by atoms with van der Waals surface area (Å²) in [5, 5.41) is 1.98. The van der Waals surface area contributed by atoms with E-state index in [0.29, 0.717) is 19.6 Å². The third-order valence-corrected chi connectivity index (χ3v) is 4.45. The molecule has 0 aliphatic carbocycles. The van der Waals surface area contributed by atoms with Crippen LogP contribution in [0.1, 0.15) is 11.3 Å². The smallest absolute Gasteiger partial charge is 0.228 e. The Morgan fingerprint density at radius 3 is 3.00 bits per heavy atom. The van der Waals surface area contributed by atoms with E-state index < -0.39 is 0 Å². The SMILES string of the molecule is Cc1ccccc1OCCN(C)C(=O)Cc1cn2ccsc2n1. The predicted octanol–water partition coefficient (Wildman–Crippen LogP) is 2.78. The largest absolute Gasteiger partial charge is 0.491 e. The number of aromatic nitrogens is 2. The number of rotatable bonds is 6. The second-order valence-electron chi connectivity index (χ2n) is 5.43. The van der Waals surface area contributed by atoms with Crippen molar-refractivity contribution < 1.29 is 9.53 Å². The predicted molar refractivity (Wildman–Crippen MR) is 91.1 cm³/mol. The molecule has 0 radical (unpaired) electrons. The number of thiazole rings is 1. The normalized spacial score (nSPS) is 10.9. The molecular formula is C17H19N3O2S. The van der Waals surface area contributed by atoms with E-state index in [0.717, 1.165) is 22.0 Å². The Hall–Kier alpha value is -2.34. The minimum absolute atomic E-state index is 0.0455. The molecule has 5 nitrogen and oxygen atoms in total. The Balaban J connectivity index is 1.49. The summed E-state index contributed by atoms with van der Waals surface area (Å²) in [5.41, 5.74) is 1.90. The van der Waals surface area contributed by atoms with E-state index in [1.165, 1.54) is 0 Å². The maximum Gasteiger partial charge on any atom is 0.228 e. The molecule has 120 valence electrons. The molecule has 0 unspecified atom stereocenters. The van der Waals surface area contributed by atoms with E-state index in [-0.39, 0.29) is 5.91 Å². The lowest BCUT2D eigenvalue weighted by Gasteiger charge is -2.17. The van der Waals surface area contributed by atoms with E-state index in [2.05, 4.69) is 4.98 Å². The highest BCUT2D eigenvalue weighted by molar-refractivity contribution is 7.15. The lowest BCUT2D eigenvalue weighted by Crippen LogP contribution is -2.32. The van der Waals surface area contributed by atoms with Crippen molar-refractivity contribution >= 4 is 22.2 Å². The van der Waals surface area contributed by atoms with E-state index in [1.807, 2.05) is 53.4 Å². The van der Waals surface area contributed by atoms with Gasteiger partial charge in [0.1, 0.15) is 12.4 Å². The number of hydrogen-bond acceptors (Lipinski definition) is 4. The molecule has 0 fully saturated rings. The summed E-state index contributed by atoms with van der Waals surface area (Å²) in [7, 11) is 1.79. The standard InChI is InChI=1S/C17H19N3O2S/c1-13-5-3-4-6-15(13)22-9-7-19(2)16(21)11-14-12-20-8-10-23-17(20)18-14/h3-6,8,10,12H,7,9,11H2,1-2H3. The third-order valence-electron chi connectivity index (χ3n) is 3.68. The van der Waals surface area contributed by atoms with E-state index in [1.54, 1.807) is 23.3 Å². The fraction of sp³-hybridized carbons (Fsp3) is 0.294. The molecule has 1 amide bonds. The quantitative estimate of drug-likeness (QED) is 0.699. The number of aryl methyl sites for hydroxylation is 1. The minimum Gasteiger partial charge on any atom is -0.491 e. The van der Waals surface area contributed by atoms with Crippen LogP contribution in [0.15, 0.2) is 42.0 Å². The van der Waals surface area contributed by atoms with Crippen LogP contribution >= 0.6 is 11.3 Å². The number of carbonyl (C=O) groups excluding carboxylic acids is 1. The highest BCUT2D eigenvalue weighted by Crippen LogP contribution is 2.16. The van der Waals surface area contributed by atoms with Gasteiger partial charge in [0.2, 0.25) is 5.91 Å². The molecule has 0 spiro atoms. The summed E-state index contributed by atoms with van der Waals surface area (Å²) in [6.07, 6.45) is 4.16. The Kier molecular flexibility index (Phi) is 4.62. The molecule has 0 N–H and O–H groups in total. The Bertz CT molecular complexity index is 780. The number of nitrogens with zero attached hydrogens (tertiary/aromatic N) is 3. The van der Waals surface area contributed by atoms with Crippen molar-refractivity contribution in [2.75, 3.05) is 20.2 Å². The van der Waals surface area contributed by atoms with Crippen LogP contribution in [0, 0.1) is 6.92 Å². The van der Waals surface area contributed by atoms with Crippen molar-refractivity contribution in [3.63, 3.8) is 0 Å². The number of amides is 1. The zero-order valence-electron chi connectivity index (χ0n) is 13.2. The number of fused-ring (bicyclic) bond motifs is 1. The van der Waals surface area contributed by atoms with E-state index in [9.17, 15) is 4.79 Å². The maximum atomic E-state index is 12.2. The summed E-state index contributed by atoms with van der Waals surface area (Å²) in [5.74, 6) is 0.909. The number of hydrogen-bond donors (Lipinski definition) is 0. The third kappa shape index (κ3) is 3.71. The van der Waals surface area contributed by atoms with Crippen molar-refractivity contribution in [2.24, 2.45) is 0 Å². The van der Waals surface area contributed by atoms with Crippen LogP contribution in [-0.2, 0) is 11.2 Å². The molecule has 2 aromatic heterocycles. The number of likely N-dealkylation sites (N-methyl/N-ethyl adjacent to an activating group) is 1. The Labute approximate surface area is 139 Å². The summed E-state index contributed by atoms with van der Waals surface area (Å²) in [4.78, 5) is 19.3. The van der Waals surface area contributed by atoms with Crippen molar-refractivity contribution in [3.8, 4) is 5.75 Å². The zero-order valence-corrected chi connectivity index (χ0v) is 14.0. The fourth-order valence-electron chi connectivity index (χ4n) is 2.29.